The summed E-state index contributed by atoms with van der Waals surface area (Å²) in [5.41, 5.74) is 0. The van der Waals surface area contributed by atoms with Crippen molar-refractivity contribution in [1.29, 1.82) is 0 Å². The molecule has 0 amide bonds. The number of hydrogen-bond acceptors (Lipinski definition) is 5. The van der Waals surface area contributed by atoms with Gasteiger partial charge < -0.3 is 14.4 Å². The number of piperidine rings is 1. The van der Waals surface area contributed by atoms with Crippen LogP contribution in [0, 0.1) is 0 Å². The predicted octanol–water partition coefficient (Wildman–Crippen LogP) is 0.877. The maximum absolute atomic E-state index is 12.0. The highest BCUT2D eigenvalue weighted by Gasteiger charge is 2.39. The van der Waals surface area contributed by atoms with Crippen molar-refractivity contribution in [1.82, 2.24) is 9.80 Å². The number of carbonyl (C=O) groups is 1. The molecule has 2 unspecified atom stereocenters. The lowest BCUT2D eigenvalue weighted by Crippen LogP contribution is -2.43. The molecule has 0 aromatic rings. The normalized spacial score (nSPS) is 35.1. The van der Waals surface area contributed by atoms with E-state index >= 15 is 0 Å². The summed E-state index contributed by atoms with van der Waals surface area (Å²) in [5, 5.41) is 0. The zero-order valence-corrected chi connectivity index (χ0v) is 12.4. The van der Waals surface area contributed by atoms with E-state index in [2.05, 4.69) is 16.8 Å². The summed E-state index contributed by atoms with van der Waals surface area (Å²) in [6.07, 6.45) is 5.25. The molecule has 0 N–H and O–H groups in total. The smallest absolute Gasteiger partial charge is 0.307 e. The second-order valence-corrected chi connectivity index (χ2v) is 6.34. The molecule has 3 aliphatic heterocycles. The Balaban J connectivity index is 1.38. The largest absolute Gasteiger partial charge is 0.462 e. The van der Waals surface area contributed by atoms with Crippen LogP contribution in [0.5, 0.6) is 0 Å². The highest BCUT2D eigenvalue weighted by molar-refractivity contribution is 5.69. The summed E-state index contributed by atoms with van der Waals surface area (Å²) in [4.78, 5) is 16.7. The second kappa shape index (κ2) is 6.41. The summed E-state index contributed by atoms with van der Waals surface area (Å²) in [7, 11) is 2.21. The molecule has 0 aromatic carbocycles. The van der Waals surface area contributed by atoms with Gasteiger partial charge in [-0.25, -0.2) is 0 Å². The van der Waals surface area contributed by atoms with Gasteiger partial charge in [-0.2, -0.15) is 0 Å². The van der Waals surface area contributed by atoms with Crippen LogP contribution in [0.15, 0.2) is 0 Å². The van der Waals surface area contributed by atoms with Crippen LogP contribution < -0.4 is 0 Å². The van der Waals surface area contributed by atoms with Gasteiger partial charge in [-0.1, -0.05) is 0 Å². The van der Waals surface area contributed by atoms with Crippen molar-refractivity contribution in [2.45, 2.75) is 50.3 Å². The molecule has 2 bridgehead atoms. The van der Waals surface area contributed by atoms with E-state index in [1.807, 2.05) is 0 Å². The van der Waals surface area contributed by atoms with Gasteiger partial charge in [0.05, 0.1) is 19.6 Å². The molecule has 0 aliphatic carbocycles. The molecule has 3 rings (SSSR count). The first kappa shape index (κ1) is 14.3. The van der Waals surface area contributed by atoms with E-state index < -0.39 is 0 Å². The Kier molecular flexibility index (Phi) is 4.58. The van der Waals surface area contributed by atoms with Crippen molar-refractivity contribution in [3.05, 3.63) is 0 Å². The minimum Gasteiger partial charge on any atom is -0.462 e. The number of fused-ring (bicyclic) bond motifs is 2. The van der Waals surface area contributed by atoms with Gasteiger partial charge in [0, 0.05) is 31.7 Å². The zero-order chi connectivity index (χ0) is 13.9. The van der Waals surface area contributed by atoms with Crippen LogP contribution in [0.25, 0.3) is 0 Å². The maximum Gasteiger partial charge on any atom is 0.307 e. The fourth-order valence-corrected chi connectivity index (χ4v) is 3.78. The van der Waals surface area contributed by atoms with Gasteiger partial charge in [-0.3, -0.25) is 9.69 Å². The van der Waals surface area contributed by atoms with E-state index in [0.717, 1.165) is 45.7 Å². The Morgan fingerprint density at radius 2 is 1.85 bits per heavy atom. The third kappa shape index (κ3) is 3.32. The molecule has 0 aromatic heterocycles. The highest BCUT2D eigenvalue weighted by atomic mass is 16.5. The molecule has 2 atom stereocenters. The lowest BCUT2D eigenvalue weighted by molar-refractivity contribution is -0.153. The van der Waals surface area contributed by atoms with Gasteiger partial charge in [-0.05, 0) is 32.7 Å². The van der Waals surface area contributed by atoms with Crippen LogP contribution in [0.4, 0.5) is 0 Å². The van der Waals surface area contributed by atoms with E-state index in [1.54, 1.807) is 0 Å². The van der Waals surface area contributed by atoms with Crippen LogP contribution in [-0.2, 0) is 14.3 Å². The summed E-state index contributed by atoms with van der Waals surface area (Å²) in [6.45, 7) is 4.25. The summed E-state index contributed by atoms with van der Waals surface area (Å²) < 4.78 is 11.0. The SMILES string of the molecule is CN1C2CCC1CC(OC(=O)CCN1CCOCC1)C2. The van der Waals surface area contributed by atoms with Crippen molar-refractivity contribution in [3.63, 3.8) is 0 Å². The number of esters is 1. The van der Waals surface area contributed by atoms with E-state index in [1.165, 1.54) is 12.8 Å². The van der Waals surface area contributed by atoms with Crippen molar-refractivity contribution in [2.75, 3.05) is 39.9 Å². The number of ether oxygens (including phenoxy) is 2. The second-order valence-electron chi connectivity index (χ2n) is 6.34. The third-order valence-corrected chi connectivity index (χ3v) is 5.09. The monoisotopic (exact) mass is 282 g/mol. The number of hydrogen-bond donors (Lipinski definition) is 0. The number of morpholine rings is 1. The lowest BCUT2D eigenvalue weighted by Gasteiger charge is -2.36. The third-order valence-electron chi connectivity index (χ3n) is 5.09. The van der Waals surface area contributed by atoms with E-state index in [9.17, 15) is 4.79 Å². The molecule has 5 nitrogen and oxygen atoms in total. The first-order chi connectivity index (χ1) is 9.72. The molecule has 5 heteroatoms. The first-order valence-corrected chi connectivity index (χ1v) is 7.94. The minimum atomic E-state index is -0.0227. The van der Waals surface area contributed by atoms with Crippen LogP contribution in [0.2, 0.25) is 0 Å². The number of rotatable bonds is 4. The topological polar surface area (TPSA) is 42.0 Å². The number of carbonyl (C=O) groups excluding carboxylic acids is 1. The van der Waals surface area contributed by atoms with Gasteiger partial charge in [0.15, 0.2) is 0 Å². The van der Waals surface area contributed by atoms with Gasteiger partial charge in [0.25, 0.3) is 0 Å². The van der Waals surface area contributed by atoms with Crippen LogP contribution >= 0.6 is 0 Å². The predicted molar refractivity (Wildman–Crippen MR) is 75.6 cm³/mol. The summed E-state index contributed by atoms with van der Waals surface area (Å²) in [5.74, 6) is -0.0227. The summed E-state index contributed by atoms with van der Waals surface area (Å²) >= 11 is 0. The van der Waals surface area contributed by atoms with Gasteiger partial charge in [-0.15, -0.1) is 0 Å². The zero-order valence-electron chi connectivity index (χ0n) is 12.4. The fraction of sp³-hybridized carbons (Fsp3) is 0.933. The van der Waals surface area contributed by atoms with Gasteiger partial charge in [0.1, 0.15) is 6.10 Å². The van der Waals surface area contributed by atoms with Crippen LogP contribution in [0.3, 0.4) is 0 Å². The quantitative estimate of drug-likeness (QED) is 0.716. The average molecular weight is 282 g/mol. The minimum absolute atomic E-state index is 0.0227. The Bertz CT molecular complexity index is 330. The van der Waals surface area contributed by atoms with E-state index in [4.69, 9.17) is 9.47 Å². The molecule has 0 saturated carbocycles. The standard InChI is InChI=1S/C15H26N2O3/c1-16-12-2-3-13(16)11-14(10-12)20-15(18)4-5-17-6-8-19-9-7-17/h12-14H,2-11H2,1H3. The molecule has 114 valence electrons. The average Bonchev–Trinajstić information content (AvgIpc) is 2.68. The molecule has 3 saturated heterocycles. The fourth-order valence-electron chi connectivity index (χ4n) is 3.78. The molecular formula is C15H26N2O3. The number of nitrogens with zero attached hydrogens (tertiary/aromatic N) is 2. The maximum atomic E-state index is 12.0. The molecule has 3 fully saturated rings. The van der Waals surface area contributed by atoms with E-state index in [-0.39, 0.29) is 12.1 Å². The first-order valence-electron chi connectivity index (χ1n) is 7.94. The van der Waals surface area contributed by atoms with Crippen molar-refractivity contribution < 1.29 is 14.3 Å². The van der Waals surface area contributed by atoms with Gasteiger partial charge >= 0.3 is 5.97 Å². The van der Waals surface area contributed by atoms with Crippen molar-refractivity contribution >= 4 is 5.97 Å². The Hall–Kier alpha value is -0.650. The molecular weight excluding hydrogens is 256 g/mol. The van der Waals surface area contributed by atoms with Crippen LogP contribution in [0.1, 0.15) is 32.1 Å². The molecule has 20 heavy (non-hydrogen) atoms. The Morgan fingerprint density at radius 3 is 2.50 bits per heavy atom. The highest BCUT2D eigenvalue weighted by Crippen LogP contribution is 2.35. The summed E-state index contributed by atoms with van der Waals surface area (Å²) in [6, 6.07) is 1.26. The Morgan fingerprint density at radius 1 is 1.20 bits per heavy atom. The molecule has 3 aliphatic rings. The van der Waals surface area contributed by atoms with E-state index in [0.29, 0.717) is 18.5 Å². The molecule has 0 spiro atoms. The molecule has 0 radical (unpaired) electrons. The van der Waals surface area contributed by atoms with Crippen molar-refractivity contribution in [3.8, 4) is 0 Å². The lowest BCUT2D eigenvalue weighted by atomic mass is 10.0. The molecule has 3 heterocycles. The Labute approximate surface area is 121 Å². The van der Waals surface area contributed by atoms with Crippen molar-refractivity contribution in [2.24, 2.45) is 0 Å². The van der Waals surface area contributed by atoms with Gasteiger partial charge in [0.2, 0.25) is 0 Å². The van der Waals surface area contributed by atoms with Crippen LogP contribution in [-0.4, -0.2) is 73.9 Å².